The average molecular weight is 367 g/mol. The van der Waals surface area contributed by atoms with E-state index in [0.29, 0.717) is 11.3 Å². The molecule has 0 bridgehead atoms. The van der Waals surface area contributed by atoms with Crippen LogP contribution < -0.4 is 5.32 Å². The first-order valence-corrected chi connectivity index (χ1v) is 10.3. The van der Waals surface area contributed by atoms with Crippen LogP contribution in [0.3, 0.4) is 0 Å². The molecule has 0 unspecified atom stereocenters. The zero-order chi connectivity index (χ0) is 18.6. The van der Waals surface area contributed by atoms with E-state index in [-0.39, 0.29) is 6.04 Å². The summed E-state index contributed by atoms with van der Waals surface area (Å²) in [6, 6.07) is 6.63. The SMILES string of the molecule is Cc1ccc2[nH]c3c(c2c1)CN(C(=O)[C@H]1CC2(CCNCC2)CN1C)CC3. The van der Waals surface area contributed by atoms with Gasteiger partial charge in [0.2, 0.25) is 5.91 Å². The van der Waals surface area contributed by atoms with Crippen molar-refractivity contribution in [1.82, 2.24) is 20.1 Å². The van der Waals surface area contributed by atoms with Crippen molar-refractivity contribution in [3.05, 3.63) is 35.0 Å². The highest BCUT2D eigenvalue weighted by Crippen LogP contribution is 2.42. The lowest BCUT2D eigenvalue weighted by atomic mass is 9.77. The van der Waals surface area contributed by atoms with Gasteiger partial charge in [-0.1, -0.05) is 11.6 Å². The maximum atomic E-state index is 13.4. The Morgan fingerprint density at radius 1 is 1.26 bits per heavy atom. The Morgan fingerprint density at radius 3 is 2.89 bits per heavy atom. The van der Waals surface area contributed by atoms with Crippen molar-refractivity contribution < 1.29 is 4.79 Å². The lowest BCUT2D eigenvalue weighted by molar-refractivity contribution is -0.136. The average Bonchev–Trinajstić information content (AvgIpc) is 3.18. The summed E-state index contributed by atoms with van der Waals surface area (Å²) in [5.74, 6) is 0.334. The van der Waals surface area contributed by atoms with Crippen LogP contribution in [0.2, 0.25) is 0 Å². The predicted octanol–water partition coefficient (Wildman–Crippen LogP) is 2.43. The number of nitrogens with zero attached hydrogens (tertiary/aromatic N) is 2. The number of carbonyl (C=O) groups is 1. The van der Waals surface area contributed by atoms with E-state index in [0.717, 1.165) is 45.6 Å². The Labute approximate surface area is 161 Å². The second-order valence-electron chi connectivity index (χ2n) is 9.03. The lowest BCUT2D eigenvalue weighted by Crippen LogP contribution is -2.46. The first kappa shape index (κ1) is 17.3. The monoisotopic (exact) mass is 366 g/mol. The molecule has 1 aromatic carbocycles. The Bertz CT molecular complexity index is 880. The summed E-state index contributed by atoms with van der Waals surface area (Å²) in [6.07, 6.45) is 4.36. The van der Waals surface area contributed by atoms with Crippen molar-refractivity contribution >= 4 is 16.8 Å². The number of aromatic amines is 1. The highest BCUT2D eigenvalue weighted by atomic mass is 16.2. The van der Waals surface area contributed by atoms with Crippen LogP contribution in [0.5, 0.6) is 0 Å². The molecule has 5 nitrogen and oxygen atoms in total. The molecule has 0 radical (unpaired) electrons. The van der Waals surface area contributed by atoms with Crippen molar-refractivity contribution in [3.63, 3.8) is 0 Å². The van der Waals surface area contributed by atoms with Crippen molar-refractivity contribution in [3.8, 4) is 0 Å². The van der Waals surface area contributed by atoms with Crippen LogP contribution in [-0.4, -0.2) is 60.0 Å². The van der Waals surface area contributed by atoms with E-state index in [9.17, 15) is 4.79 Å². The molecule has 1 atom stereocenters. The molecule has 1 spiro atoms. The van der Waals surface area contributed by atoms with Crippen LogP contribution in [0.15, 0.2) is 18.2 Å². The number of piperidine rings is 1. The number of aromatic nitrogens is 1. The van der Waals surface area contributed by atoms with Gasteiger partial charge in [-0.15, -0.1) is 0 Å². The molecule has 4 heterocycles. The van der Waals surface area contributed by atoms with Crippen LogP contribution >= 0.6 is 0 Å². The number of hydrogen-bond donors (Lipinski definition) is 2. The molecule has 5 rings (SSSR count). The highest BCUT2D eigenvalue weighted by Gasteiger charge is 2.46. The van der Waals surface area contributed by atoms with Crippen LogP contribution in [0, 0.1) is 12.3 Å². The summed E-state index contributed by atoms with van der Waals surface area (Å²) in [4.78, 5) is 21.4. The van der Waals surface area contributed by atoms with Gasteiger partial charge in [-0.2, -0.15) is 0 Å². The van der Waals surface area contributed by atoms with Crippen LogP contribution in [0.4, 0.5) is 0 Å². The standard InChI is InChI=1S/C22H30N4O/c1-15-3-4-18-16(11-15)17-13-26(10-5-19(17)24-18)21(27)20-12-22(14-25(20)2)6-8-23-9-7-22/h3-4,11,20,23-24H,5-10,12-14H2,1-2H3/t20-/m1/s1. The third-order valence-corrected chi connectivity index (χ3v) is 7.13. The molecule has 0 saturated carbocycles. The van der Waals surface area contributed by atoms with E-state index in [1.54, 1.807) is 0 Å². The Hall–Kier alpha value is -1.85. The minimum Gasteiger partial charge on any atom is -0.358 e. The molecule has 2 fully saturated rings. The smallest absolute Gasteiger partial charge is 0.240 e. The van der Waals surface area contributed by atoms with Gasteiger partial charge in [-0.05, 0) is 63.9 Å². The van der Waals surface area contributed by atoms with Gasteiger partial charge in [0, 0.05) is 48.2 Å². The number of likely N-dealkylation sites (tertiary alicyclic amines) is 1. The van der Waals surface area contributed by atoms with Gasteiger partial charge >= 0.3 is 0 Å². The summed E-state index contributed by atoms with van der Waals surface area (Å²) in [5, 5.41) is 4.76. The zero-order valence-electron chi connectivity index (χ0n) is 16.5. The Balaban J connectivity index is 1.37. The summed E-state index contributed by atoms with van der Waals surface area (Å²) in [6.45, 7) is 6.97. The number of carbonyl (C=O) groups excluding carboxylic acids is 1. The molecular weight excluding hydrogens is 336 g/mol. The number of hydrogen-bond acceptors (Lipinski definition) is 3. The number of benzene rings is 1. The van der Waals surface area contributed by atoms with Crippen molar-refractivity contribution in [1.29, 1.82) is 0 Å². The minimum absolute atomic E-state index is 0.0524. The quantitative estimate of drug-likeness (QED) is 0.815. The molecule has 2 N–H and O–H groups in total. The fraction of sp³-hybridized carbons (Fsp3) is 0.591. The first-order valence-electron chi connectivity index (χ1n) is 10.3. The number of H-pyrrole nitrogens is 1. The largest absolute Gasteiger partial charge is 0.358 e. The number of rotatable bonds is 1. The summed E-state index contributed by atoms with van der Waals surface area (Å²) >= 11 is 0. The van der Waals surface area contributed by atoms with Gasteiger partial charge in [0.1, 0.15) is 0 Å². The van der Waals surface area contributed by atoms with Crippen LogP contribution in [0.1, 0.15) is 36.1 Å². The van der Waals surface area contributed by atoms with E-state index in [4.69, 9.17) is 0 Å². The van der Waals surface area contributed by atoms with Gasteiger partial charge in [0.15, 0.2) is 0 Å². The third-order valence-electron chi connectivity index (χ3n) is 7.13. The zero-order valence-corrected chi connectivity index (χ0v) is 16.5. The fourth-order valence-electron chi connectivity index (χ4n) is 5.59. The molecule has 1 aromatic heterocycles. The molecule has 3 aliphatic heterocycles. The molecule has 2 aromatic rings. The number of amides is 1. The fourth-order valence-corrected chi connectivity index (χ4v) is 5.59. The van der Waals surface area contributed by atoms with Gasteiger partial charge in [-0.3, -0.25) is 9.69 Å². The summed E-state index contributed by atoms with van der Waals surface area (Å²) < 4.78 is 0. The van der Waals surface area contributed by atoms with Gasteiger partial charge in [0.05, 0.1) is 6.04 Å². The van der Waals surface area contributed by atoms with Crippen molar-refractivity contribution in [2.45, 2.75) is 45.2 Å². The number of likely N-dealkylation sites (N-methyl/N-ethyl adjacent to an activating group) is 1. The van der Waals surface area contributed by atoms with Crippen molar-refractivity contribution in [2.24, 2.45) is 5.41 Å². The maximum Gasteiger partial charge on any atom is 0.240 e. The molecule has 0 aliphatic carbocycles. The molecule has 1 amide bonds. The van der Waals surface area contributed by atoms with Crippen molar-refractivity contribution in [2.75, 3.05) is 33.2 Å². The second-order valence-corrected chi connectivity index (χ2v) is 9.03. The minimum atomic E-state index is 0.0524. The Kier molecular flexibility index (Phi) is 4.06. The lowest BCUT2D eigenvalue weighted by Gasteiger charge is -2.34. The normalized spacial score (nSPS) is 25.3. The topological polar surface area (TPSA) is 51.4 Å². The first-order chi connectivity index (χ1) is 13.0. The van der Waals surface area contributed by atoms with E-state index in [1.807, 2.05) is 0 Å². The third kappa shape index (κ3) is 2.88. The van der Waals surface area contributed by atoms with E-state index < -0.39 is 0 Å². The Morgan fingerprint density at radius 2 is 2.07 bits per heavy atom. The maximum absolute atomic E-state index is 13.4. The van der Waals surface area contributed by atoms with Crippen LogP contribution in [-0.2, 0) is 17.8 Å². The predicted molar refractivity (Wildman–Crippen MR) is 108 cm³/mol. The van der Waals surface area contributed by atoms with Gasteiger partial charge in [-0.25, -0.2) is 0 Å². The number of aryl methyl sites for hydroxylation is 1. The van der Waals surface area contributed by atoms with E-state index in [1.165, 1.54) is 40.6 Å². The molecule has 144 valence electrons. The number of fused-ring (bicyclic) bond motifs is 3. The van der Waals surface area contributed by atoms with Gasteiger partial charge < -0.3 is 15.2 Å². The highest BCUT2D eigenvalue weighted by molar-refractivity contribution is 5.87. The second kappa shape index (κ2) is 6.35. The van der Waals surface area contributed by atoms with Gasteiger partial charge in [0.25, 0.3) is 0 Å². The number of nitrogens with one attached hydrogen (secondary N) is 2. The van der Waals surface area contributed by atoms with Crippen LogP contribution in [0.25, 0.3) is 10.9 Å². The van der Waals surface area contributed by atoms with E-state index in [2.05, 4.69) is 52.3 Å². The molecule has 2 saturated heterocycles. The molecule has 3 aliphatic rings. The van der Waals surface area contributed by atoms with E-state index >= 15 is 0 Å². The summed E-state index contributed by atoms with van der Waals surface area (Å²) in [5.41, 5.74) is 5.46. The summed E-state index contributed by atoms with van der Waals surface area (Å²) in [7, 11) is 2.14. The molecular formula is C22H30N4O. The molecule has 27 heavy (non-hydrogen) atoms. The molecule has 5 heteroatoms.